The Morgan fingerprint density at radius 3 is 2.76 bits per heavy atom. The Labute approximate surface area is 119 Å². The van der Waals surface area contributed by atoms with E-state index in [1.165, 1.54) is 24.4 Å². The summed E-state index contributed by atoms with van der Waals surface area (Å²) in [5.41, 5.74) is 1.96. The molecule has 0 saturated carbocycles. The molecule has 2 aromatic rings. The molecule has 0 saturated heterocycles. The Kier molecular flexibility index (Phi) is 3.27. The number of non-ortho nitro benzene ring substituents is 1. The second-order valence-electron chi connectivity index (χ2n) is 4.51. The van der Waals surface area contributed by atoms with E-state index in [2.05, 4.69) is 9.98 Å². The number of nitro benzene ring substituents is 1. The first kappa shape index (κ1) is 13.1. The van der Waals surface area contributed by atoms with Crippen LogP contribution < -0.4 is 0 Å². The van der Waals surface area contributed by atoms with Gasteiger partial charge in [0.25, 0.3) is 5.69 Å². The Morgan fingerprint density at radius 1 is 1.19 bits per heavy atom. The minimum Gasteiger partial charge on any atom is -0.286 e. The van der Waals surface area contributed by atoms with Crippen LogP contribution >= 0.6 is 0 Å². The predicted octanol–water partition coefficient (Wildman–Crippen LogP) is 3.29. The quantitative estimate of drug-likeness (QED) is 0.627. The van der Waals surface area contributed by atoms with Crippen LogP contribution in [-0.4, -0.2) is 23.4 Å². The number of aliphatic imine (C=N–C) groups is 2. The zero-order chi connectivity index (χ0) is 14.8. The third-order valence-corrected chi connectivity index (χ3v) is 3.13. The van der Waals surface area contributed by atoms with E-state index in [-0.39, 0.29) is 18.0 Å². The van der Waals surface area contributed by atoms with E-state index in [4.69, 9.17) is 0 Å². The first-order chi connectivity index (χ1) is 10.1. The van der Waals surface area contributed by atoms with E-state index < -0.39 is 4.92 Å². The molecule has 0 spiro atoms. The molecule has 0 fully saturated rings. The second-order valence-corrected chi connectivity index (χ2v) is 4.51. The minimum atomic E-state index is -0.472. The number of hydrogen-bond acceptors (Lipinski definition) is 4. The van der Waals surface area contributed by atoms with Crippen LogP contribution in [0.4, 0.5) is 15.8 Å². The molecular weight excluding hydrogens is 273 g/mol. The summed E-state index contributed by atoms with van der Waals surface area (Å²) in [5.74, 6) is -0.364. The van der Waals surface area contributed by atoms with Gasteiger partial charge in [-0.2, -0.15) is 0 Å². The first-order valence-corrected chi connectivity index (χ1v) is 6.26. The summed E-state index contributed by atoms with van der Waals surface area (Å²) in [6.45, 7) is 0.226. The number of hydrogen-bond donors (Lipinski definition) is 0. The molecule has 0 N–H and O–H groups in total. The number of benzene rings is 2. The smallest absolute Gasteiger partial charge is 0.270 e. The van der Waals surface area contributed by atoms with Crippen molar-refractivity contribution in [3.05, 3.63) is 69.5 Å². The molecule has 0 aromatic heterocycles. The van der Waals surface area contributed by atoms with E-state index >= 15 is 0 Å². The molecule has 104 valence electrons. The van der Waals surface area contributed by atoms with Crippen molar-refractivity contribution in [2.45, 2.75) is 0 Å². The Morgan fingerprint density at radius 2 is 2.00 bits per heavy atom. The van der Waals surface area contributed by atoms with Crippen LogP contribution in [0.3, 0.4) is 0 Å². The van der Waals surface area contributed by atoms with Gasteiger partial charge in [-0.05, 0) is 12.1 Å². The highest BCUT2D eigenvalue weighted by atomic mass is 19.1. The van der Waals surface area contributed by atoms with Gasteiger partial charge in [0.05, 0.1) is 22.9 Å². The van der Waals surface area contributed by atoms with Crippen LogP contribution in [0.2, 0.25) is 0 Å². The normalized spacial score (nSPS) is 13.3. The molecule has 1 aliphatic heterocycles. The Bertz CT molecular complexity index is 784. The standard InChI is InChI=1S/C15H10FN3O2/c16-13-4-2-1-3-12(13)15-9-17-8-10-7-11(19(20)21)5-6-14(10)18-15/h1-8H,9H2. The number of nitro groups is 1. The maximum atomic E-state index is 13.8. The monoisotopic (exact) mass is 283 g/mol. The summed E-state index contributed by atoms with van der Waals surface area (Å²) in [6, 6.07) is 10.7. The fourth-order valence-corrected chi connectivity index (χ4v) is 2.11. The molecule has 5 nitrogen and oxygen atoms in total. The number of fused-ring (bicyclic) bond motifs is 1. The van der Waals surface area contributed by atoms with E-state index in [1.54, 1.807) is 24.3 Å². The predicted molar refractivity (Wildman–Crippen MR) is 78.2 cm³/mol. The average Bonchev–Trinajstić information content (AvgIpc) is 2.69. The van der Waals surface area contributed by atoms with Gasteiger partial charge in [0.2, 0.25) is 0 Å². The lowest BCUT2D eigenvalue weighted by atomic mass is 10.1. The zero-order valence-corrected chi connectivity index (χ0v) is 10.9. The summed E-state index contributed by atoms with van der Waals surface area (Å²) in [4.78, 5) is 18.9. The Balaban J connectivity index is 2.09. The molecule has 1 aliphatic rings. The summed E-state index contributed by atoms with van der Waals surface area (Å²) in [6.07, 6.45) is 1.53. The highest BCUT2D eigenvalue weighted by Gasteiger charge is 2.15. The molecule has 0 unspecified atom stereocenters. The van der Waals surface area contributed by atoms with Gasteiger partial charge in [-0.3, -0.25) is 20.1 Å². The minimum absolute atomic E-state index is 0.0234. The maximum Gasteiger partial charge on any atom is 0.270 e. The van der Waals surface area contributed by atoms with Gasteiger partial charge in [-0.15, -0.1) is 0 Å². The van der Waals surface area contributed by atoms with Crippen LogP contribution in [0, 0.1) is 15.9 Å². The number of rotatable bonds is 2. The first-order valence-electron chi connectivity index (χ1n) is 6.26. The third kappa shape index (κ3) is 2.55. The van der Waals surface area contributed by atoms with Gasteiger partial charge in [0.15, 0.2) is 0 Å². The lowest BCUT2D eigenvalue weighted by molar-refractivity contribution is -0.384. The van der Waals surface area contributed by atoms with Crippen molar-refractivity contribution in [3.63, 3.8) is 0 Å². The maximum absolute atomic E-state index is 13.8. The molecule has 21 heavy (non-hydrogen) atoms. The topological polar surface area (TPSA) is 67.9 Å². The fraction of sp³-hybridized carbons (Fsp3) is 0.0667. The van der Waals surface area contributed by atoms with Crippen molar-refractivity contribution in [2.75, 3.05) is 6.54 Å². The molecule has 1 heterocycles. The molecular formula is C15H10FN3O2. The molecule has 0 bridgehead atoms. The van der Waals surface area contributed by atoms with Gasteiger partial charge in [-0.25, -0.2) is 4.39 Å². The summed E-state index contributed by atoms with van der Waals surface area (Å²) < 4.78 is 13.8. The van der Waals surface area contributed by atoms with Gasteiger partial charge in [-0.1, -0.05) is 18.2 Å². The van der Waals surface area contributed by atoms with Crippen molar-refractivity contribution in [3.8, 4) is 0 Å². The highest BCUT2D eigenvalue weighted by Crippen LogP contribution is 2.26. The highest BCUT2D eigenvalue weighted by molar-refractivity contribution is 6.07. The fourth-order valence-electron chi connectivity index (χ4n) is 2.11. The largest absolute Gasteiger partial charge is 0.286 e. The van der Waals surface area contributed by atoms with Gasteiger partial charge >= 0.3 is 0 Å². The van der Waals surface area contributed by atoms with Crippen molar-refractivity contribution in [2.24, 2.45) is 9.98 Å². The molecule has 0 atom stereocenters. The second kappa shape index (κ2) is 5.24. The lowest BCUT2D eigenvalue weighted by Crippen LogP contribution is -2.06. The Hall–Kier alpha value is -2.89. The van der Waals surface area contributed by atoms with Crippen LogP contribution in [0.25, 0.3) is 0 Å². The number of halogens is 1. The molecule has 0 amide bonds. The van der Waals surface area contributed by atoms with Crippen LogP contribution in [0.15, 0.2) is 52.4 Å². The molecule has 2 aromatic carbocycles. The van der Waals surface area contributed by atoms with Gasteiger partial charge in [0.1, 0.15) is 5.82 Å². The molecule has 6 heteroatoms. The summed E-state index contributed by atoms with van der Waals surface area (Å²) >= 11 is 0. The van der Waals surface area contributed by atoms with E-state index in [0.717, 1.165) is 0 Å². The van der Waals surface area contributed by atoms with Crippen molar-refractivity contribution in [1.82, 2.24) is 0 Å². The van der Waals surface area contributed by atoms with Gasteiger partial charge in [0, 0.05) is 29.5 Å². The summed E-state index contributed by atoms with van der Waals surface area (Å²) in [5, 5.41) is 10.8. The van der Waals surface area contributed by atoms with E-state index in [1.807, 2.05) is 0 Å². The molecule has 0 aliphatic carbocycles. The van der Waals surface area contributed by atoms with E-state index in [9.17, 15) is 14.5 Å². The van der Waals surface area contributed by atoms with Crippen LogP contribution in [-0.2, 0) is 0 Å². The van der Waals surface area contributed by atoms with Crippen LogP contribution in [0.1, 0.15) is 11.1 Å². The zero-order valence-electron chi connectivity index (χ0n) is 10.9. The molecule has 0 radical (unpaired) electrons. The average molecular weight is 283 g/mol. The molecule has 3 rings (SSSR count). The third-order valence-electron chi connectivity index (χ3n) is 3.13. The van der Waals surface area contributed by atoms with Crippen molar-refractivity contribution >= 4 is 23.3 Å². The van der Waals surface area contributed by atoms with Crippen LogP contribution in [0.5, 0.6) is 0 Å². The number of nitrogens with zero attached hydrogens (tertiary/aromatic N) is 3. The van der Waals surface area contributed by atoms with Crippen molar-refractivity contribution < 1.29 is 9.31 Å². The van der Waals surface area contributed by atoms with Crippen molar-refractivity contribution in [1.29, 1.82) is 0 Å². The van der Waals surface area contributed by atoms with E-state index in [0.29, 0.717) is 22.5 Å². The SMILES string of the molecule is O=[N+]([O-])c1ccc2c(c1)C=NCC(c1ccccc1F)=N2. The lowest BCUT2D eigenvalue weighted by Gasteiger charge is -2.04. The van der Waals surface area contributed by atoms with Gasteiger partial charge < -0.3 is 0 Å². The summed E-state index contributed by atoms with van der Waals surface area (Å²) in [7, 11) is 0.